The number of pyridine rings is 1. The van der Waals surface area contributed by atoms with Gasteiger partial charge in [-0.15, -0.1) is 0 Å². The number of benzene rings is 2. The van der Waals surface area contributed by atoms with Gasteiger partial charge < -0.3 is 15.1 Å². The fourth-order valence-corrected chi connectivity index (χ4v) is 3.85. The lowest BCUT2D eigenvalue weighted by Gasteiger charge is -2.35. The van der Waals surface area contributed by atoms with Crippen LogP contribution in [0.25, 0.3) is 10.9 Å². The molecule has 30 heavy (non-hydrogen) atoms. The number of nitrogens with one attached hydrogen (secondary N) is 1. The van der Waals surface area contributed by atoms with E-state index in [1.54, 1.807) is 19.1 Å². The van der Waals surface area contributed by atoms with Crippen molar-refractivity contribution in [1.82, 2.24) is 9.88 Å². The van der Waals surface area contributed by atoms with Crippen molar-refractivity contribution in [2.45, 2.75) is 20.8 Å². The third-order valence-corrected chi connectivity index (χ3v) is 5.84. The smallest absolute Gasteiger partial charge is 0.255 e. The van der Waals surface area contributed by atoms with Crippen LogP contribution in [0.1, 0.15) is 28.4 Å². The number of carbonyl (C=O) groups is 1. The highest BCUT2D eigenvalue weighted by Crippen LogP contribution is 2.26. The van der Waals surface area contributed by atoms with Gasteiger partial charge in [0, 0.05) is 42.8 Å². The zero-order valence-electron chi connectivity index (χ0n) is 17.7. The highest BCUT2D eigenvalue weighted by atomic mass is 19.1. The number of fused-ring (bicyclic) bond motifs is 1. The molecule has 0 bridgehead atoms. The summed E-state index contributed by atoms with van der Waals surface area (Å²) in [6.45, 7) is 11.1. The number of hydrogen-bond donors (Lipinski definition) is 1. The number of anilines is 2. The van der Waals surface area contributed by atoms with Gasteiger partial charge in [-0.25, -0.2) is 9.37 Å². The molecule has 0 aliphatic carbocycles. The molecule has 1 N–H and O–H groups in total. The van der Waals surface area contributed by atoms with Crippen LogP contribution in [0.2, 0.25) is 0 Å². The molecule has 2 heterocycles. The van der Waals surface area contributed by atoms with Crippen LogP contribution in [0.15, 0.2) is 42.5 Å². The van der Waals surface area contributed by atoms with Crippen LogP contribution in [-0.4, -0.2) is 48.5 Å². The van der Waals surface area contributed by atoms with E-state index in [-0.39, 0.29) is 11.7 Å². The van der Waals surface area contributed by atoms with Crippen LogP contribution in [0.5, 0.6) is 0 Å². The third-order valence-electron chi connectivity index (χ3n) is 5.84. The van der Waals surface area contributed by atoms with Crippen molar-refractivity contribution in [2.24, 2.45) is 0 Å². The molecule has 2 aromatic carbocycles. The van der Waals surface area contributed by atoms with E-state index in [1.807, 2.05) is 18.2 Å². The van der Waals surface area contributed by atoms with Crippen molar-refractivity contribution in [2.75, 3.05) is 42.9 Å². The maximum absolute atomic E-state index is 13.8. The number of carbonyl (C=O) groups excluding carboxylic acids is 1. The Bertz CT molecular complexity index is 1090. The number of likely N-dealkylation sites (N-methyl/N-ethyl adjacent to an activating group) is 1. The molecule has 4 rings (SSSR count). The Balaban J connectivity index is 1.55. The molecule has 6 heteroatoms. The normalized spacial score (nSPS) is 14.9. The minimum Gasteiger partial charge on any atom is -0.354 e. The highest BCUT2D eigenvalue weighted by molar-refractivity contribution is 6.05. The number of hydrogen-bond acceptors (Lipinski definition) is 4. The maximum Gasteiger partial charge on any atom is 0.255 e. The quantitative estimate of drug-likeness (QED) is 0.698. The van der Waals surface area contributed by atoms with Crippen LogP contribution < -0.4 is 10.2 Å². The Morgan fingerprint density at radius 2 is 1.80 bits per heavy atom. The number of piperazine rings is 1. The van der Waals surface area contributed by atoms with E-state index in [0.717, 1.165) is 55.0 Å². The van der Waals surface area contributed by atoms with E-state index in [4.69, 9.17) is 4.98 Å². The molecule has 1 fully saturated rings. The molecule has 1 aliphatic rings. The molecule has 0 spiro atoms. The van der Waals surface area contributed by atoms with E-state index < -0.39 is 0 Å². The van der Waals surface area contributed by atoms with Crippen molar-refractivity contribution in [3.05, 3.63) is 65.0 Å². The van der Waals surface area contributed by atoms with Gasteiger partial charge in [-0.3, -0.25) is 4.79 Å². The molecule has 3 aromatic rings. The zero-order chi connectivity index (χ0) is 21.3. The average Bonchev–Trinajstić information content (AvgIpc) is 2.76. The monoisotopic (exact) mass is 406 g/mol. The molecule has 1 aromatic heterocycles. The number of nitrogens with zero attached hydrogens (tertiary/aromatic N) is 3. The standard InChI is InChI=1S/C24H27FN4O/c1-4-28-9-11-29(12-10-28)23-13-17(3)20-15-19(7-8-22(20)27-23)26-24(30)18-6-5-16(2)21(25)14-18/h5-8,13-15H,4,9-12H2,1-3H3,(H,26,30). The van der Waals surface area contributed by atoms with Gasteiger partial charge >= 0.3 is 0 Å². The summed E-state index contributed by atoms with van der Waals surface area (Å²) in [5.74, 6) is 0.292. The summed E-state index contributed by atoms with van der Waals surface area (Å²) in [5, 5.41) is 3.86. The van der Waals surface area contributed by atoms with E-state index in [9.17, 15) is 9.18 Å². The zero-order valence-corrected chi connectivity index (χ0v) is 17.7. The fraction of sp³-hybridized carbons (Fsp3) is 0.333. The summed E-state index contributed by atoms with van der Waals surface area (Å²) in [7, 11) is 0. The summed E-state index contributed by atoms with van der Waals surface area (Å²) in [5.41, 5.74) is 3.51. The van der Waals surface area contributed by atoms with Crippen molar-refractivity contribution < 1.29 is 9.18 Å². The number of rotatable bonds is 4. The predicted octanol–water partition coefficient (Wildman–Crippen LogP) is 4.38. The van der Waals surface area contributed by atoms with Crippen molar-refractivity contribution in [3.63, 3.8) is 0 Å². The summed E-state index contributed by atoms with van der Waals surface area (Å²) in [6.07, 6.45) is 0. The van der Waals surface area contributed by atoms with Crippen LogP contribution in [0, 0.1) is 19.7 Å². The second kappa shape index (κ2) is 8.40. The van der Waals surface area contributed by atoms with E-state index in [1.165, 1.54) is 6.07 Å². The van der Waals surface area contributed by atoms with Gasteiger partial charge in [0.1, 0.15) is 11.6 Å². The number of amides is 1. The molecule has 1 saturated heterocycles. The Labute approximate surface area is 176 Å². The first-order valence-electron chi connectivity index (χ1n) is 10.4. The highest BCUT2D eigenvalue weighted by Gasteiger charge is 2.18. The predicted molar refractivity (Wildman–Crippen MR) is 120 cm³/mol. The SMILES string of the molecule is CCN1CCN(c2cc(C)c3cc(NC(=O)c4ccc(C)c(F)c4)ccc3n2)CC1. The molecule has 1 aliphatic heterocycles. The van der Waals surface area contributed by atoms with Crippen molar-refractivity contribution in [3.8, 4) is 0 Å². The molecular formula is C24H27FN4O. The Hall–Kier alpha value is -2.99. The topological polar surface area (TPSA) is 48.5 Å². The molecular weight excluding hydrogens is 379 g/mol. The largest absolute Gasteiger partial charge is 0.354 e. The average molecular weight is 407 g/mol. The first kappa shape index (κ1) is 20.3. The van der Waals surface area contributed by atoms with Crippen LogP contribution in [0.3, 0.4) is 0 Å². The minimum absolute atomic E-state index is 0.301. The second-order valence-corrected chi connectivity index (χ2v) is 7.87. The lowest BCUT2D eigenvalue weighted by atomic mass is 10.1. The molecule has 0 saturated carbocycles. The minimum atomic E-state index is -0.381. The molecule has 0 atom stereocenters. The second-order valence-electron chi connectivity index (χ2n) is 7.87. The number of aryl methyl sites for hydroxylation is 2. The first-order chi connectivity index (χ1) is 14.4. The summed E-state index contributed by atoms with van der Waals surface area (Å²) in [6, 6.07) is 12.3. The number of halogens is 1. The Morgan fingerprint density at radius 3 is 2.50 bits per heavy atom. The van der Waals surface area contributed by atoms with E-state index >= 15 is 0 Å². The van der Waals surface area contributed by atoms with Gasteiger partial charge in [0.25, 0.3) is 5.91 Å². The fourth-order valence-electron chi connectivity index (χ4n) is 3.85. The van der Waals surface area contributed by atoms with Gasteiger partial charge in [0.2, 0.25) is 0 Å². The molecule has 156 valence electrons. The lowest BCUT2D eigenvalue weighted by Crippen LogP contribution is -2.46. The van der Waals surface area contributed by atoms with Crippen LogP contribution in [-0.2, 0) is 0 Å². The van der Waals surface area contributed by atoms with Crippen molar-refractivity contribution >= 4 is 28.3 Å². The van der Waals surface area contributed by atoms with Gasteiger partial charge in [-0.2, -0.15) is 0 Å². The van der Waals surface area contributed by atoms with Gasteiger partial charge in [0.05, 0.1) is 5.52 Å². The van der Waals surface area contributed by atoms with Crippen LogP contribution in [0.4, 0.5) is 15.9 Å². The Kier molecular flexibility index (Phi) is 5.68. The summed E-state index contributed by atoms with van der Waals surface area (Å²) < 4.78 is 13.8. The van der Waals surface area contributed by atoms with Gasteiger partial charge in [0.15, 0.2) is 0 Å². The van der Waals surface area contributed by atoms with Crippen LogP contribution >= 0.6 is 0 Å². The first-order valence-corrected chi connectivity index (χ1v) is 10.4. The van der Waals surface area contributed by atoms with E-state index in [0.29, 0.717) is 16.8 Å². The maximum atomic E-state index is 13.8. The lowest BCUT2D eigenvalue weighted by molar-refractivity contribution is 0.102. The van der Waals surface area contributed by atoms with Gasteiger partial charge in [-0.05, 0) is 67.9 Å². The molecule has 0 unspecified atom stereocenters. The Morgan fingerprint density at radius 1 is 1.03 bits per heavy atom. The van der Waals surface area contributed by atoms with Gasteiger partial charge in [-0.1, -0.05) is 13.0 Å². The third kappa shape index (κ3) is 4.14. The summed E-state index contributed by atoms with van der Waals surface area (Å²) in [4.78, 5) is 22.1. The number of aromatic nitrogens is 1. The summed E-state index contributed by atoms with van der Waals surface area (Å²) >= 11 is 0. The van der Waals surface area contributed by atoms with E-state index in [2.05, 4.69) is 35.0 Å². The molecule has 0 radical (unpaired) electrons. The molecule has 1 amide bonds. The van der Waals surface area contributed by atoms with Crippen molar-refractivity contribution in [1.29, 1.82) is 0 Å². The molecule has 5 nitrogen and oxygen atoms in total.